The Morgan fingerprint density at radius 1 is 1.15 bits per heavy atom. The zero-order valence-corrected chi connectivity index (χ0v) is 14.2. The smallest absolute Gasteiger partial charge is 0.252 e. The third kappa shape index (κ3) is 5.18. The molecule has 0 saturated carbocycles. The van der Waals surface area contributed by atoms with Gasteiger partial charge in [-0.05, 0) is 35.9 Å². The van der Waals surface area contributed by atoms with Crippen LogP contribution < -0.4 is 16.4 Å². The maximum atomic E-state index is 12.4. The predicted molar refractivity (Wildman–Crippen MR) is 96.1 cm³/mol. The molecule has 2 aromatic rings. The number of hydrogen-bond acceptors (Lipinski definition) is 4. The van der Waals surface area contributed by atoms with Crippen LogP contribution in [0, 0.1) is 11.3 Å². The van der Waals surface area contributed by atoms with Gasteiger partial charge in [0.1, 0.15) is 6.04 Å². The standard InChI is InChI=1S/C19H18N4O3/c1-12(24)22-16-4-2-3-15(10-16)19(26)23-17(18(21)25)9-13-5-7-14(11-20)8-6-13/h2-8,10,17H,9H2,1H3,(H2,21,25)(H,22,24)(H,23,26)/t17-/m0/s1. The van der Waals surface area contributed by atoms with Gasteiger partial charge in [0.25, 0.3) is 5.91 Å². The van der Waals surface area contributed by atoms with Crippen LogP contribution in [-0.4, -0.2) is 23.8 Å². The van der Waals surface area contributed by atoms with Crippen LogP contribution in [0.2, 0.25) is 0 Å². The van der Waals surface area contributed by atoms with Gasteiger partial charge in [0.05, 0.1) is 11.6 Å². The quantitative estimate of drug-likeness (QED) is 0.727. The molecule has 1 atom stereocenters. The van der Waals surface area contributed by atoms with Crippen molar-refractivity contribution in [2.45, 2.75) is 19.4 Å². The van der Waals surface area contributed by atoms with Gasteiger partial charge in [0.2, 0.25) is 11.8 Å². The van der Waals surface area contributed by atoms with Crippen LogP contribution in [0.25, 0.3) is 0 Å². The van der Waals surface area contributed by atoms with Gasteiger partial charge in [-0.15, -0.1) is 0 Å². The van der Waals surface area contributed by atoms with E-state index >= 15 is 0 Å². The number of benzene rings is 2. The van der Waals surface area contributed by atoms with E-state index in [1.807, 2.05) is 6.07 Å². The van der Waals surface area contributed by atoms with E-state index in [2.05, 4.69) is 10.6 Å². The first-order chi connectivity index (χ1) is 12.4. The summed E-state index contributed by atoms with van der Waals surface area (Å²) in [7, 11) is 0. The van der Waals surface area contributed by atoms with Crippen LogP contribution in [0.4, 0.5) is 5.69 Å². The number of nitrogens with one attached hydrogen (secondary N) is 2. The minimum Gasteiger partial charge on any atom is -0.368 e. The number of nitrogens with zero attached hydrogens (tertiary/aromatic N) is 1. The third-order valence-corrected chi connectivity index (χ3v) is 3.62. The Hall–Kier alpha value is -3.66. The Kier molecular flexibility index (Phi) is 6.06. The van der Waals surface area contributed by atoms with Crippen LogP contribution >= 0.6 is 0 Å². The van der Waals surface area contributed by atoms with E-state index < -0.39 is 17.9 Å². The molecule has 0 spiro atoms. The lowest BCUT2D eigenvalue weighted by Gasteiger charge is -2.16. The van der Waals surface area contributed by atoms with E-state index in [1.165, 1.54) is 13.0 Å². The van der Waals surface area contributed by atoms with Gasteiger partial charge in [0.15, 0.2) is 0 Å². The van der Waals surface area contributed by atoms with Crippen molar-refractivity contribution < 1.29 is 14.4 Å². The van der Waals surface area contributed by atoms with Gasteiger partial charge in [-0.1, -0.05) is 18.2 Å². The van der Waals surface area contributed by atoms with Crippen molar-refractivity contribution in [3.05, 3.63) is 65.2 Å². The zero-order chi connectivity index (χ0) is 19.1. The maximum Gasteiger partial charge on any atom is 0.252 e. The molecule has 0 heterocycles. The number of carbonyl (C=O) groups excluding carboxylic acids is 3. The third-order valence-electron chi connectivity index (χ3n) is 3.62. The summed E-state index contributed by atoms with van der Waals surface area (Å²) in [5.74, 6) is -1.39. The normalized spacial score (nSPS) is 11.1. The monoisotopic (exact) mass is 350 g/mol. The Morgan fingerprint density at radius 3 is 2.42 bits per heavy atom. The minimum atomic E-state index is -0.903. The molecule has 132 valence electrons. The molecule has 2 rings (SSSR count). The van der Waals surface area contributed by atoms with Gasteiger partial charge in [-0.3, -0.25) is 14.4 Å². The second kappa shape index (κ2) is 8.44. The first-order valence-electron chi connectivity index (χ1n) is 7.86. The van der Waals surface area contributed by atoms with E-state index in [1.54, 1.807) is 42.5 Å². The lowest BCUT2D eigenvalue weighted by Crippen LogP contribution is -2.45. The van der Waals surface area contributed by atoms with Crippen LogP contribution in [-0.2, 0) is 16.0 Å². The van der Waals surface area contributed by atoms with Crippen LogP contribution in [0.5, 0.6) is 0 Å². The lowest BCUT2D eigenvalue weighted by atomic mass is 10.0. The molecule has 0 aliphatic heterocycles. The fourth-order valence-corrected chi connectivity index (χ4v) is 2.36. The number of nitrogens with two attached hydrogens (primary N) is 1. The highest BCUT2D eigenvalue weighted by Gasteiger charge is 2.19. The van der Waals surface area contributed by atoms with Crippen molar-refractivity contribution in [3.63, 3.8) is 0 Å². The maximum absolute atomic E-state index is 12.4. The van der Waals surface area contributed by atoms with Crippen molar-refractivity contribution in [2.75, 3.05) is 5.32 Å². The highest BCUT2D eigenvalue weighted by molar-refractivity contribution is 5.99. The fraction of sp³-hybridized carbons (Fsp3) is 0.158. The van der Waals surface area contributed by atoms with Crippen LogP contribution in [0.1, 0.15) is 28.4 Å². The molecule has 0 radical (unpaired) electrons. The van der Waals surface area contributed by atoms with Crippen molar-refractivity contribution >= 4 is 23.4 Å². The summed E-state index contributed by atoms with van der Waals surface area (Å²) >= 11 is 0. The van der Waals surface area contributed by atoms with E-state index in [0.717, 1.165) is 5.56 Å². The highest BCUT2D eigenvalue weighted by Crippen LogP contribution is 2.12. The number of rotatable bonds is 6. The van der Waals surface area contributed by atoms with E-state index in [9.17, 15) is 14.4 Å². The average Bonchev–Trinajstić information content (AvgIpc) is 2.61. The van der Waals surface area contributed by atoms with Gasteiger partial charge < -0.3 is 16.4 Å². The zero-order valence-electron chi connectivity index (χ0n) is 14.2. The number of hydrogen-bond donors (Lipinski definition) is 3. The van der Waals surface area contributed by atoms with Crippen molar-refractivity contribution in [2.24, 2.45) is 5.73 Å². The highest BCUT2D eigenvalue weighted by atomic mass is 16.2. The number of carbonyl (C=O) groups is 3. The molecular weight excluding hydrogens is 332 g/mol. The summed E-state index contributed by atoms with van der Waals surface area (Å²) in [6.45, 7) is 1.37. The lowest BCUT2D eigenvalue weighted by molar-refractivity contribution is -0.119. The average molecular weight is 350 g/mol. The molecule has 0 aromatic heterocycles. The second-order valence-electron chi connectivity index (χ2n) is 5.70. The summed E-state index contributed by atoms with van der Waals surface area (Å²) in [6, 6.07) is 14.1. The van der Waals surface area contributed by atoms with Crippen molar-refractivity contribution in [1.29, 1.82) is 5.26 Å². The van der Waals surface area contributed by atoms with Gasteiger partial charge in [-0.25, -0.2) is 0 Å². The molecular formula is C19H18N4O3. The second-order valence-corrected chi connectivity index (χ2v) is 5.70. The number of anilines is 1. The molecule has 0 fully saturated rings. The summed E-state index contributed by atoms with van der Waals surface area (Å²) in [5.41, 5.74) is 7.44. The summed E-state index contributed by atoms with van der Waals surface area (Å²) in [6.07, 6.45) is 0.207. The molecule has 26 heavy (non-hydrogen) atoms. The number of nitriles is 1. The van der Waals surface area contributed by atoms with E-state index in [0.29, 0.717) is 16.8 Å². The molecule has 2 aromatic carbocycles. The van der Waals surface area contributed by atoms with E-state index in [-0.39, 0.29) is 12.3 Å². The predicted octanol–water partition coefficient (Wildman–Crippen LogP) is 1.34. The molecule has 4 N–H and O–H groups in total. The minimum absolute atomic E-state index is 0.207. The van der Waals surface area contributed by atoms with Crippen molar-refractivity contribution in [3.8, 4) is 6.07 Å². The molecule has 0 aliphatic carbocycles. The summed E-state index contributed by atoms with van der Waals surface area (Å²) < 4.78 is 0. The fourth-order valence-electron chi connectivity index (χ4n) is 2.36. The molecule has 0 bridgehead atoms. The molecule has 7 nitrogen and oxygen atoms in total. The first kappa shape index (κ1) is 18.7. The molecule has 0 saturated heterocycles. The van der Waals surface area contributed by atoms with Gasteiger partial charge >= 0.3 is 0 Å². The van der Waals surface area contributed by atoms with Gasteiger partial charge in [0, 0.05) is 24.6 Å². The SMILES string of the molecule is CC(=O)Nc1cccc(C(=O)N[C@@H](Cc2ccc(C#N)cc2)C(N)=O)c1. The Balaban J connectivity index is 2.11. The largest absolute Gasteiger partial charge is 0.368 e. The summed E-state index contributed by atoms with van der Waals surface area (Å²) in [5, 5.41) is 14.0. The number of primary amides is 1. The summed E-state index contributed by atoms with van der Waals surface area (Å²) in [4.78, 5) is 35.2. The molecule has 7 heteroatoms. The molecule has 3 amide bonds. The number of amides is 3. The van der Waals surface area contributed by atoms with Crippen LogP contribution in [0.15, 0.2) is 48.5 Å². The van der Waals surface area contributed by atoms with Gasteiger partial charge in [-0.2, -0.15) is 5.26 Å². The molecule has 0 aliphatic rings. The Bertz CT molecular complexity index is 869. The topological polar surface area (TPSA) is 125 Å². The van der Waals surface area contributed by atoms with E-state index in [4.69, 9.17) is 11.0 Å². The van der Waals surface area contributed by atoms with Crippen LogP contribution in [0.3, 0.4) is 0 Å². The first-order valence-corrected chi connectivity index (χ1v) is 7.86. The Morgan fingerprint density at radius 2 is 1.85 bits per heavy atom. The molecule has 0 unspecified atom stereocenters. The Labute approximate surface area is 150 Å². The van der Waals surface area contributed by atoms with Crippen molar-refractivity contribution in [1.82, 2.24) is 5.32 Å².